The van der Waals surface area contributed by atoms with Crippen molar-refractivity contribution < 1.29 is 5.11 Å². The maximum atomic E-state index is 12.2. The lowest BCUT2D eigenvalue weighted by Crippen LogP contribution is -2.33. The standard InChI is InChI=1S/C30H24NOP/c32-30(24-14-5-1-6-15-24,25-16-7-2-8-17-25)28-22-13-23-29(31-28)33(26-18-9-3-10-19-26)27-20-11-4-12-21-27/h1-23,32H. The molecule has 0 fully saturated rings. The molecule has 0 saturated heterocycles. The number of rotatable bonds is 6. The molecular weight excluding hydrogens is 421 g/mol. The third-order valence-electron chi connectivity index (χ3n) is 5.75. The summed E-state index contributed by atoms with van der Waals surface area (Å²) in [5.41, 5.74) is 1.82. The zero-order chi connectivity index (χ0) is 22.5. The topological polar surface area (TPSA) is 33.1 Å². The number of aliphatic hydroxyl groups is 1. The minimum atomic E-state index is -1.35. The van der Waals surface area contributed by atoms with Crippen LogP contribution in [-0.4, -0.2) is 10.1 Å². The number of aromatic nitrogens is 1. The SMILES string of the molecule is OC(c1ccccc1)(c1ccccc1)c1cccc(P(c2ccccc2)c2ccccc2)n1. The summed E-state index contributed by atoms with van der Waals surface area (Å²) < 4.78 is 0. The fourth-order valence-corrected chi connectivity index (χ4v) is 6.35. The first-order chi connectivity index (χ1) is 16.3. The molecule has 1 N–H and O–H groups in total. The molecule has 0 radical (unpaired) electrons. The van der Waals surface area contributed by atoms with E-state index in [0.29, 0.717) is 5.69 Å². The fourth-order valence-electron chi connectivity index (χ4n) is 4.14. The van der Waals surface area contributed by atoms with Gasteiger partial charge in [-0.25, -0.2) is 4.98 Å². The van der Waals surface area contributed by atoms with Gasteiger partial charge in [0.2, 0.25) is 0 Å². The normalized spacial score (nSPS) is 11.5. The molecule has 160 valence electrons. The average Bonchev–Trinajstić information content (AvgIpc) is 2.91. The lowest BCUT2D eigenvalue weighted by atomic mass is 9.83. The molecule has 0 aliphatic heterocycles. The Morgan fingerprint density at radius 3 is 1.36 bits per heavy atom. The highest BCUT2D eigenvalue weighted by Crippen LogP contribution is 2.37. The minimum Gasteiger partial charge on any atom is -0.374 e. The minimum absolute atomic E-state index is 0.622. The third kappa shape index (κ3) is 4.24. The van der Waals surface area contributed by atoms with E-state index < -0.39 is 13.5 Å². The Hall–Kier alpha value is -3.58. The second kappa shape index (κ2) is 9.50. The van der Waals surface area contributed by atoms with E-state index in [1.54, 1.807) is 0 Å². The molecule has 0 saturated carbocycles. The summed E-state index contributed by atoms with van der Waals surface area (Å²) in [6.45, 7) is 0. The first-order valence-corrected chi connectivity index (χ1v) is 12.3. The molecule has 3 heteroatoms. The Kier molecular flexibility index (Phi) is 6.13. The zero-order valence-corrected chi connectivity index (χ0v) is 19.0. The third-order valence-corrected chi connectivity index (χ3v) is 8.08. The van der Waals surface area contributed by atoms with Crippen molar-refractivity contribution in [2.45, 2.75) is 5.60 Å². The molecule has 1 heterocycles. The van der Waals surface area contributed by atoms with E-state index in [-0.39, 0.29) is 0 Å². The molecule has 0 amide bonds. The summed E-state index contributed by atoms with van der Waals surface area (Å²) in [5, 5.41) is 14.7. The molecule has 1 aromatic heterocycles. The molecule has 0 spiro atoms. The van der Waals surface area contributed by atoms with Crippen molar-refractivity contribution in [2.24, 2.45) is 0 Å². The van der Waals surface area contributed by atoms with Crippen LogP contribution in [0.4, 0.5) is 0 Å². The smallest absolute Gasteiger partial charge is 0.157 e. The van der Waals surface area contributed by atoms with Crippen molar-refractivity contribution in [3.63, 3.8) is 0 Å². The second-order valence-corrected chi connectivity index (χ2v) is 9.99. The predicted octanol–water partition coefficient (Wildman–Crippen LogP) is 5.12. The van der Waals surface area contributed by atoms with E-state index in [4.69, 9.17) is 4.98 Å². The second-order valence-electron chi connectivity index (χ2n) is 7.83. The zero-order valence-electron chi connectivity index (χ0n) is 18.1. The van der Waals surface area contributed by atoms with Gasteiger partial charge in [-0.1, -0.05) is 127 Å². The maximum absolute atomic E-state index is 12.2. The highest BCUT2D eigenvalue weighted by atomic mass is 31.1. The Balaban J connectivity index is 1.70. The van der Waals surface area contributed by atoms with Gasteiger partial charge in [-0.3, -0.25) is 0 Å². The van der Waals surface area contributed by atoms with Gasteiger partial charge in [0.25, 0.3) is 0 Å². The van der Waals surface area contributed by atoms with E-state index in [0.717, 1.165) is 16.6 Å². The van der Waals surface area contributed by atoms with Crippen molar-refractivity contribution in [3.8, 4) is 0 Å². The predicted molar refractivity (Wildman–Crippen MR) is 138 cm³/mol. The van der Waals surface area contributed by atoms with Gasteiger partial charge >= 0.3 is 0 Å². The van der Waals surface area contributed by atoms with Gasteiger partial charge in [-0.2, -0.15) is 0 Å². The molecule has 33 heavy (non-hydrogen) atoms. The van der Waals surface area contributed by atoms with Gasteiger partial charge in [0, 0.05) is 7.92 Å². The summed E-state index contributed by atoms with van der Waals surface area (Å²) in [5.74, 6) is 0. The van der Waals surface area contributed by atoms with Gasteiger partial charge < -0.3 is 5.11 Å². The maximum Gasteiger partial charge on any atom is 0.157 e. The van der Waals surface area contributed by atoms with Crippen LogP contribution in [0.15, 0.2) is 140 Å². The largest absolute Gasteiger partial charge is 0.374 e. The van der Waals surface area contributed by atoms with Gasteiger partial charge in [0.05, 0.1) is 11.1 Å². The van der Waals surface area contributed by atoms with Gasteiger partial charge in [-0.05, 0) is 33.9 Å². The number of pyridine rings is 1. The lowest BCUT2D eigenvalue weighted by molar-refractivity contribution is 0.121. The average molecular weight is 446 g/mol. The van der Waals surface area contributed by atoms with Gasteiger partial charge in [0.15, 0.2) is 5.60 Å². The molecule has 5 rings (SSSR count). The Bertz CT molecular complexity index is 1230. The summed E-state index contributed by atoms with van der Waals surface area (Å²) in [7, 11) is -0.869. The quantitative estimate of drug-likeness (QED) is 0.368. The molecule has 2 nitrogen and oxygen atoms in total. The summed E-state index contributed by atoms with van der Waals surface area (Å²) in [4.78, 5) is 5.13. The van der Waals surface area contributed by atoms with E-state index in [2.05, 4.69) is 54.6 Å². The van der Waals surface area contributed by atoms with Crippen molar-refractivity contribution in [1.82, 2.24) is 4.98 Å². The van der Waals surface area contributed by atoms with Crippen LogP contribution in [0.2, 0.25) is 0 Å². The van der Waals surface area contributed by atoms with Crippen LogP contribution < -0.4 is 16.0 Å². The van der Waals surface area contributed by atoms with E-state index in [9.17, 15) is 5.11 Å². The summed E-state index contributed by atoms with van der Waals surface area (Å²) >= 11 is 0. The number of benzene rings is 4. The van der Waals surface area contributed by atoms with E-state index in [1.165, 1.54) is 10.6 Å². The first kappa shape index (κ1) is 21.3. The molecule has 4 aromatic carbocycles. The van der Waals surface area contributed by atoms with Crippen LogP contribution >= 0.6 is 7.92 Å². The molecule has 0 unspecified atom stereocenters. The van der Waals surface area contributed by atoms with E-state index in [1.807, 2.05) is 84.9 Å². The number of hydrogen-bond acceptors (Lipinski definition) is 2. The summed E-state index contributed by atoms with van der Waals surface area (Å²) in [6, 6.07) is 46.6. The van der Waals surface area contributed by atoms with Crippen molar-refractivity contribution >= 4 is 24.0 Å². The van der Waals surface area contributed by atoms with Crippen LogP contribution in [0.3, 0.4) is 0 Å². The van der Waals surface area contributed by atoms with Crippen LogP contribution in [0.5, 0.6) is 0 Å². The number of hydrogen-bond donors (Lipinski definition) is 1. The van der Waals surface area contributed by atoms with Crippen molar-refractivity contribution in [3.05, 3.63) is 156 Å². The fraction of sp³-hybridized carbons (Fsp3) is 0.0333. The van der Waals surface area contributed by atoms with Gasteiger partial charge in [-0.15, -0.1) is 0 Å². The first-order valence-electron chi connectivity index (χ1n) is 11.0. The molecule has 0 aliphatic rings. The molecule has 5 aromatic rings. The molecule has 0 atom stereocenters. The number of nitrogens with zero attached hydrogens (tertiary/aromatic N) is 1. The summed E-state index contributed by atoms with van der Waals surface area (Å²) in [6.07, 6.45) is 0. The molecule has 0 bridgehead atoms. The van der Waals surface area contributed by atoms with Crippen LogP contribution in [0.25, 0.3) is 0 Å². The van der Waals surface area contributed by atoms with Crippen LogP contribution in [0, 0.1) is 0 Å². The Labute approximate surface area is 196 Å². The Morgan fingerprint density at radius 2 is 0.909 bits per heavy atom. The van der Waals surface area contributed by atoms with Crippen LogP contribution in [-0.2, 0) is 5.60 Å². The molecule has 0 aliphatic carbocycles. The highest BCUT2D eigenvalue weighted by Gasteiger charge is 2.35. The van der Waals surface area contributed by atoms with Gasteiger partial charge in [0.1, 0.15) is 0 Å². The van der Waals surface area contributed by atoms with Crippen molar-refractivity contribution in [2.75, 3.05) is 0 Å². The highest BCUT2D eigenvalue weighted by molar-refractivity contribution is 7.79. The van der Waals surface area contributed by atoms with Crippen molar-refractivity contribution in [1.29, 1.82) is 0 Å². The monoisotopic (exact) mass is 445 g/mol. The van der Waals surface area contributed by atoms with E-state index >= 15 is 0 Å². The Morgan fingerprint density at radius 1 is 0.485 bits per heavy atom. The van der Waals surface area contributed by atoms with Crippen LogP contribution in [0.1, 0.15) is 16.8 Å². The molecular formula is C30H24NOP. The lowest BCUT2D eigenvalue weighted by Gasteiger charge is -2.30.